The summed E-state index contributed by atoms with van der Waals surface area (Å²) in [5.41, 5.74) is 3.23. The van der Waals surface area contributed by atoms with Gasteiger partial charge in [0.15, 0.2) is 11.5 Å². The quantitative estimate of drug-likeness (QED) is 0.367. The number of methoxy groups -OCH3 is 2. The standard InChI is InChI=1S/C18H17Br2N3O5/c1-27-14-6-3-10(16(18(25)26)17(14)28-2)8-22-23-15(24)9-21-13-5-4-11(19)7-12(13)20/h3-8,21H,9H2,1-2H3,(H,23,24)(H,25,26). The second-order valence-corrected chi connectivity index (χ2v) is 7.11. The number of rotatable bonds is 8. The summed E-state index contributed by atoms with van der Waals surface area (Å²) in [4.78, 5) is 23.5. The second kappa shape index (κ2) is 10.1. The van der Waals surface area contributed by atoms with Gasteiger partial charge in [-0.1, -0.05) is 15.9 Å². The molecule has 0 aliphatic carbocycles. The number of carbonyl (C=O) groups is 2. The lowest BCUT2D eigenvalue weighted by atomic mass is 10.1. The van der Waals surface area contributed by atoms with E-state index in [1.54, 1.807) is 6.07 Å². The fourth-order valence-electron chi connectivity index (χ4n) is 2.29. The number of aromatic carboxylic acids is 1. The number of hydrazone groups is 1. The van der Waals surface area contributed by atoms with Crippen LogP contribution in [0.3, 0.4) is 0 Å². The molecule has 0 aliphatic heterocycles. The molecule has 2 aromatic carbocycles. The van der Waals surface area contributed by atoms with Crippen molar-refractivity contribution in [3.05, 3.63) is 50.4 Å². The van der Waals surface area contributed by atoms with E-state index in [0.717, 1.165) is 14.6 Å². The largest absolute Gasteiger partial charge is 0.493 e. The Bertz CT molecular complexity index is 918. The van der Waals surface area contributed by atoms with Crippen LogP contribution >= 0.6 is 31.9 Å². The fourth-order valence-corrected chi connectivity index (χ4v) is 3.48. The van der Waals surface area contributed by atoms with Crippen LogP contribution in [-0.2, 0) is 4.79 Å². The van der Waals surface area contributed by atoms with E-state index in [4.69, 9.17) is 9.47 Å². The third-order valence-corrected chi connectivity index (χ3v) is 4.70. The summed E-state index contributed by atoms with van der Waals surface area (Å²) < 4.78 is 11.9. The maximum atomic E-state index is 12.0. The zero-order valence-corrected chi connectivity index (χ0v) is 18.1. The number of carboxylic acid groups (broad SMARTS) is 1. The van der Waals surface area contributed by atoms with Crippen LogP contribution in [0.2, 0.25) is 0 Å². The highest BCUT2D eigenvalue weighted by Gasteiger charge is 2.20. The smallest absolute Gasteiger partial charge is 0.340 e. The first-order chi connectivity index (χ1) is 13.4. The molecule has 2 rings (SSSR count). The molecule has 0 spiro atoms. The lowest BCUT2D eigenvalue weighted by Gasteiger charge is -2.12. The van der Waals surface area contributed by atoms with Gasteiger partial charge in [-0.3, -0.25) is 4.79 Å². The van der Waals surface area contributed by atoms with Crippen molar-refractivity contribution in [2.24, 2.45) is 5.10 Å². The Kier molecular flexibility index (Phi) is 7.82. The maximum Gasteiger partial charge on any atom is 0.340 e. The molecule has 3 N–H and O–H groups in total. The molecule has 2 aromatic rings. The van der Waals surface area contributed by atoms with Crippen LogP contribution in [0.4, 0.5) is 5.69 Å². The highest BCUT2D eigenvalue weighted by Crippen LogP contribution is 2.32. The van der Waals surface area contributed by atoms with E-state index in [2.05, 4.69) is 47.7 Å². The van der Waals surface area contributed by atoms with Crippen molar-refractivity contribution < 1.29 is 24.2 Å². The van der Waals surface area contributed by atoms with Crippen LogP contribution in [0.25, 0.3) is 0 Å². The van der Waals surface area contributed by atoms with E-state index in [1.807, 2.05) is 18.2 Å². The molecule has 0 aliphatic rings. The molecule has 148 valence electrons. The third kappa shape index (κ3) is 5.46. The summed E-state index contributed by atoms with van der Waals surface area (Å²) in [6.45, 7) is -0.0186. The molecule has 0 unspecified atom stereocenters. The second-order valence-electron chi connectivity index (χ2n) is 5.34. The summed E-state index contributed by atoms with van der Waals surface area (Å²) in [7, 11) is 2.76. The number of amides is 1. The van der Waals surface area contributed by atoms with Gasteiger partial charge in [-0.15, -0.1) is 0 Å². The Hall–Kier alpha value is -2.59. The molecule has 0 aromatic heterocycles. The molecule has 0 heterocycles. The monoisotopic (exact) mass is 513 g/mol. The van der Waals surface area contributed by atoms with Gasteiger partial charge in [-0.25, -0.2) is 10.2 Å². The molecular formula is C18H17Br2N3O5. The topological polar surface area (TPSA) is 109 Å². The number of benzene rings is 2. The summed E-state index contributed by atoms with van der Waals surface area (Å²) in [6, 6.07) is 8.57. The van der Waals surface area contributed by atoms with E-state index < -0.39 is 11.9 Å². The Morgan fingerprint density at radius 2 is 1.93 bits per heavy atom. The van der Waals surface area contributed by atoms with Crippen LogP contribution in [-0.4, -0.2) is 44.0 Å². The maximum absolute atomic E-state index is 12.0. The molecule has 0 saturated heterocycles. The van der Waals surface area contributed by atoms with E-state index in [-0.39, 0.29) is 29.2 Å². The van der Waals surface area contributed by atoms with Gasteiger partial charge in [-0.05, 0) is 46.3 Å². The van der Waals surface area contributed by atoms with E-state index in [1.165, 1.54) is 26.5 Å². The highest BCUT2D eigenvalue weighted by molar-refractivity contribution is 9.11. The van der Waals surface area contributed by atoms with E-state index in [9.17, 15) is 14.7 Å². The van der Waals surface area contributed by atoms with Crippen molar-refractivity contribution in [2.45, 2.75) is 0 Å². The van der Waals surface area contributed by atoms with Crippen molar-refractivity contribution in [3.63, 3.8) is 0 Å². The molecule has 0 atom stereocenters. The SMILES string of the molecule is COc1ccc(C=NNC(=O)CNc2ccc(Br)cc2Br)c(C(=O)O)c1OC. The molecule has 0 saturated carbocycles. The van der Waals surface area contributed by atoms with Gasteiger partial charge >= 0.3 is 5.97 Å². The number of nitrogens with zero attached hydrogens (tertiary/aromatic N) is 1. The molecule has 0 bridgehead atoms. The van der Waals surface area contributed by atoms with E-state index >= 15 is 0 Å². The third-order valence-electron chi connectivity index (χ3n) is 3.56. The Labute approximate surface area is 178 Å². The fraction of sp³-hybridized carbons (Fsp3) is 0.167. The minimum Gasteiger partial charge on any atom is -0.493 e. The summed E-state index contributed by atoms with van der Waals surface area (Å²) >= 11 is 6.75. The van der Waals surface area contributed by atoms with Crippen molar-refractivity contribution >= 4 is 55.6 Å². The minimum absolute atomic E-state index is 0.0186. The summed E-state index contributed by atoms with van der Waals surface area (Å²) in [5.74, 6) is -1.24. The lowest BCUT2D eigenvalue weighted by molar-refractivity contribution is -0.119. The zero-order chi connectivity index (χ0) is 20.7. The van der Waals surface area contributed by atoms with E-state index in [0.29, 0.717) is 0 Å². The number of carbonyl (C=O) groups excluding carboxylic acids is 1. The first-order valence-electron chi connectivity index (χ1n) is 7.86. The molecular weight excluding hydrogens is 498 g/mol. The van der Waals surface area contributed by atoms with Gasteiger partial charge < -0.3 is 19.9 Å². The number of anilines is 1. The number of ether oxygens (including phenoxy) is 2. The summed E-state index contributed by atoms with van der Waals surface area (Å²) in [6.07, 6.45) is 1.23. The molecule has 28 heavy (non-hydrogen) atoms. The van der Waals surface area contributed by atoms with Gasteiger partial charge in [-0.2, -0.15) is 5.10 Å². The molecule has 0 fully saturated rings. The number of hydrogen-bond donors (Lipinski definition) is 3. The predicted molar refractivity (Wildman–Crippen MR) is 113 cm³/mol. The Balaban J connectivity index is 2.05. The summed E-state index contributed by atoms with van der Waals surface area (Å²) in [5, 5.41) is 16.2. The molecule has 8 nitrogen and oxygen atoms in total. The lowest BCUT2D eigenvalue weighted by Crippen LogP contribution is -2.26. The van der Waals surface area contributed by atoms with Crippen molar-refractivity contribution in [2.75, 3.05) is 26.1 Å². The van der Waals surface area contributed by atoms with Crippen LogP contribution < -0.4 is 20.2 Å². The van der Waals surface area contributed by atoms with Gasteiger partial charge in [0.25, 0.3) is 5.91 Å². The van der Waals surface area contributed by atoms with Crippen LogP contribution in [0, 0.1) is 0 Å². The van der Waals surface area contributed by atoms with Crippen LogP contribution in [0.15, 0.2) is 44.4 Å². The average molecular weight is 515 g/mol. The Morgan fingerprint density at radius 1 is 1.18 bits per heavy atom. The number of hydrogen-bond acceptors (Lipinski definition) is 6. The highest BCUT2D eigenvalue weighted by atomic mass is 79.9. The van der Waals surface area contributed by atoms with Crippen LogP contribution in [0.1, 0.15) is 15.9 Å². The first-order valence-corrected chi connectivity index (χ1v) is 9.45. The van der Waals surface area contributed by atoms with Gasteiger partial charge in [0.05, 0.1) is 27.0 Å². The average Bonchev–Trinajstić information content (AvgIpc) is 2.66. The number of carboxylic acids is 1. The molecule has 10 heteroatoms. The first kappa shape index (κ1) is 21.7. The van der Waals surface area contributed by atoms with Crippen molar-refractivity contribution in [3.8, 4) is 11.5 Å². The van der Waals surface area contributed by atoms with Crippen molar-refractivity contribution in [1.29, 1.82) is 0 Å². The molecule has 1 amide bonds. The Morgan fingerprint density at radius 3 is 2.54 bits per heavy atom. The molecule has 0 radical (unpaired) electrons. The van der Waals surface area contributed by atoms with Crippen LogP contribution in [0.5, 0.6) is 11.5 Å². The number of halogens is 2. The van der Waals surface area contributed by atoms with Gasteiger partial charge in [0, 0.05) is 20.2 Å². The zero-order valence-electron chi connectivity index (χ0n) is 15.0. The minimum atomic E-state index is -1.20. The normalized spacial score (nSPS) is 10.6. The predicted octanol–water partition coefficient (Wildman–Crippen LogP) is 3.49. The van der Waals surface area contributed by atoms with Gasteiger partial charge in [0.1, 0.15) is 5.56 Å². The number of nitrogens with one attached hydrogen (secondary N) is 2. The van der Waals surface area contributed by atoms with Crippen molar-refractivity contribution in [1.82, 2.24) is 5.43 Å². The van der Waals surface area contributed by atoms with Gasteiger partial charge in [0.2, 0.25) is 0 Å².